The van der Waals surface area contributed by atoms with Crippen LogP contribution in [0.1, 0.15) is 42.0 Å². The van der Waals surface area contributed by atoms with Crippen molar-refractivity contribution >= 4 is 6.41 Å². The summed E-state index contributed by atoms with van der Waals surface area (Å²) in [5, 5.41) is 14.2. The van der Waals surface area contributed by atoms with Crippen molar-refractivity contribution in [2.45, 2.75) is 37.5 Å². The summed E-state index contributed by atoms with van der Waals surface area (Å²) in [7, 11) is 0. The molecule has 0 radical (unpaired) electrons. The summed E-state index contributed by atoms with van der Waals surface area (Å²) >= 11 is 0. The Morgan fingerprint density at radius 3 is 2.74 bits per heavy atom. The summed E-state index contributed by atoms with van der Waals surface area (Å²) in [6, 6.07) is 13.6. The molecule has 2 N–H and O–H groups in total. The lowest BCUT2D eigenvalue weighted by atomic mass is 9.83. The molecule has 0 saturated carbocycles. The Balaban J connectivity index is 1.93. The zero-order valence-corrected chi connectivity index (χ0v) is 13.2. The summed E-state index contributed by atoms with van der Waals surface area (Å²) < 4.78 is 6.03. The Labute approximate surface area is 135 Å². The topological polar surface area (TPSA) is 58.6 Å². The fraction of sp³-hybridized carbons (Fsp3) is 0.316. The molecule has 118 valence electrons. The number of ether oxygens (including phenoxy) is 1. The second-order valence-electron chi connectivity index (χ2n) is 6.66. The van der Waals surface area contributed by atoms with Gasteiger partial charge in [0.2, 0.25) is 6.41 Å². The first-order chi connectivity index (χ1) is 11.0. The molecule has 4 heteroatoms. The standard InChI is InChI=1S/C19H19NO3/c1-12(2)13-7-8-16-17(9-13)23-19(22)15-6-4-3-5-14(15)10-18(16,19)20-11-21/h3-9,11-12,22H,10H2,1-2H3,(H,20,21). The molecule has 1 heterocycles. The van der Waals surface area contributed by atoms with Crippen LogP contribution in [-0.4, -0.2) is 11.5 Å². The average Bonchev–Trinajstić information content (AvgIpc) is 2.91. The van der Waals surface area contributed by atoms with E-state index < -0.39 is 11.3 Å². The van der Waals surface area contributed by atoms with E-state index in [1.165, 1.54) is 0 Å². The lowest BCUT2D eigenvalue weighted by molar-refractivity contribution is -0.183. The molecule has 0 aromatic heterocycles. The number of carbonyl (C=O) groups is 1. The van der Waals surface area contributed by atoms with Gasteiger partial charge in [-0.3, -0.25) is 4.79 Å². The third-order valence-corrected chi connectivity index (χ3v) is 5.11. The number of carbonyl (C=O) groups excluding carboxylic acids is 1. The van der Waals surface area contributed by atoms with E-state index in [-0.39, 0.29) is 0 Å². The quantitative estimate of drug-likeness (QED) is 0.857. The van der Waals surface area contributed by atoms with Gasteiger partial charge >= 0.3 is 0 Å². The Morgan fingerprint density at radius 1 is 1.22 bits per heavy atom. The van der Waals surface area contributed by atoms with Crippen LogP contribution < -0.4 is 10.1 Å². The summed E-state index contributed by atoms with van der Waals surface area (Å²) in [5.74, 6) is -0.564. The highest BCUT2D eigenvalue weighted by Crippen LogP contribution is 2.58. The monoisotopic (exact) mass is 309 g/mol. The van der Waals surface area contributed by atoms with Gasteiger partial charge in [-0.2, -0.15) is 0 Å². The molecule has 4 nitrogen and oxygen atoms in total. The number of amides is 1. The highest BCUT2D eigenvalue weighted by Gasteiger charge is 2.65. The molecule has 4 rings (SSSR count). The van der Waals surface area contributed by atoms with Crippen LogP contribution in [0.5, 0.6) is 5.75 Å². The molecule has 0 bridgehead atoms. The lowest BCUT2D eigenvalue weighted by Crippen LogP contribution is -2.55. The van der Waals surface area contributed by atoms with E-state index in [0.717, 1.165) is 22.3 Å². The minimum Gasteiger partial charge on any atom is -0.455 e. The molecule has 2 aromatic carbocycles. The van der Waals surface area contributed by atoms with E-state index in [4.69, 9.17) is 4.74 Å². The second-order valence-corrected chi connectivity index (χ2v) is 6.66. The molecular weight excluding hydrogens is 290 g/mol. The van der Waals surface area contributed by atoms with Crippen LogP contribution in [0.2, 0.25) is 0 Å². The molecule has 1 aliphatic heterocycles. The van der Waals surface area contributed by atoms with Gasteiger partial charge in [0.1, 0.15) is 11.3 Å². The van der Waals surface area contributed by atoms with Crippen LogP contribution in [0.4, 0.5) is 0 Å². The average molecular weight is 309 g/mol. The van der Waals surface area contributed by atoms with Crippen LogP contribution in [-0.2, 0) is 22.5 Å². The van der Waals surface area contributed by atoms with Crippen molar-refractivity contribution in [3.8, 4) is 5.75 Å². The van der Waals surface area contributed by atoms with Gasteiger partial charge in [-0.15, -0.1) is 0 Å². The van der Waals surface area contributed by atoms with E-state index >= 15 is 0 Å². The van der Waals surface area contributed by atoms with E-state index in [1.54, 1.807) is 0 Å². The van der Waals surface area contributed by atoms with Crippen molar-refractivity contribution in [1.29, 1.82) is 0 Å². The van der Waals surface area contributed by atoms with Crippen LogP contribution in [0.15, 0.2) is 42.5 Å². The zero-order valence-electron chi connectivity index (χ0n) is 13.2. The lowest BCUT2D eigenvalue weighted by Gasteiger charge is -2.34. The first-order valence-electron chi connectivity index (χ1n) is 7.87. The van der Waals surface area contributed by atoms with Crippen LogP contribution in [0.25, 0.3) is 0 Å². The Hall–Kier alpha value is -2.33. The SMILES string of the molecule is CC(C)c1ccc2c(c1)OC1(O)c3ccccc3CC21NC=O. The van der Waals surface area contributed by atoms with E-state index in [2.05, 4.69) is 19.2 Å². The predicted molar refractivity (Wildman–Crippen MR) is 86.1 cm³/mol. The highest BCUT2D eigenvalue weighted by atomic mass is 16.6. The summed E-state index contributed by atoms with van der Waals surface area (Å²) in [6.45, 7) is 4.22. The minimum absolute atomic E-state index is 0.362. The molecule has 0 saturated heterocycles. The largest absolute Gasteiger partial charge is 0.455 e. The fourth-order valence-electron chi connectivity index (χ4n) is 3.88. The number of aliphatic hydroxyl groups is 1. The van der Waals surface area contributed by atoms with Crippen molar-refractivity contribution in [2.24, 2.45) is 0 Å². The molecule has 1 aliphatic carbocycles. The summed E-state index contributed by atoms with van der Waals surface area (Å²) in [4.78, 5) is 11.3. The number of nitrogens with one attached hydrogen (secondary N) is 1. The number of benzene rings is 2. The number of fused-ring (bicyclic) bond motifs is 5. The molecule has 2 atom stereocenters. The van der Waals surface area contributed by atoms with E-state index in [9.17, 15) is 9.90 Å². The number of hydrogen-bond donors (Lipinski definition) is 2. The zero-order chi connectivity index (χ0) is 16.2. The summed E-state index contributed by atoms with van der Waals surface area (Å²) in [6.07, 6.45) is 1.15. The van der Waals surface area contributed by atoms with Crippen LogP contribution in [0, 0.1) is 0 Å². The molecule has 2 unspecified atom stereocenters. The maximum Gasteiger partial charge on any atom is 0.263 e. The smallest absolute Gasteiger partial charge is 0.263 e. The normalized spacial score (nSPS) is 27.1. The first kappa shape index (κ1) is 14.3. The maximum absolute atomic E-state index is 11.4. The summed E-state index contributed by atoms with van der Waals surface area (Å²) in [5.41, 5.74) is 2.71. The Bertz CT molecular complexity index is 801. The van der Waals surface area contributed by atoms with Crippen molar-refractivity contribution in [1.82, 2.24) is 5.32 Å². The van der Waals surface area contributed by atoms with E-state index in [0.29, 0.717) is 24.5 Å². The van der Waals surface area contributed by atoms with Crippen molar-refractivity contribution < 1.29 is 14.6 Å². The van der Waals surface area contributed by atoms with Gasteiger partial charge < -0.3 is 15.2 Å². The van der Waals surface area contributed by atoms with Crippen molar-refractivity contribution in [3.63, 3.8) is 0 Å². The van der Waals surface area contributed by atoms with Gasteiger partial charge in [0.15, 0.2) is 0 Å². The Morgan fingerprint density at radius 2 is 2.00 bits per heavy atom. The van der Waals surface area contributed by atoms with Crippen LogP contribution in [0.3, 0.4) is 0 Å². The molecule has 2 aromatic rings. The number of hydrogen-bond acceptors (Lipinski definition) is 3. The molecular formula is C19H19NO3. The van der Waals surface area contributed by atoms with Gasteiger partial charge in [-0.05, 0) is 23.1 Å². The molecule has 2 aliphatic rings. The fourth-order valence-corrected chi connectivity index (χ4v) is 3.88. The highest BCUT2D eigenvalue weighted by molar-refractivity contribution is 5.61. The molecule has 1 amide bonds. The van der Waals surface area contributed by atoms with Gasteiger partial charge in [0.05, 0.1) is 0 Å². The molecule has 0 fully saturated rings. The maximum atomic E-state index is 11.4. The van der Waals surface area contributed by atoms with Gasteiger partial charge in [0, 0.05) is 17.5 Å². The third kappa shape index (κ3) is 1.67. The minimum atomic E-state index is -1.57. The van der Waals surface area contributed by atoms with Gasteiger partial charge in [-0.25, -0.2) is 0 Å². The number of rotatable bonds is 3. The van der Waals surface area contributed by atoms with Crippen LogP contribution >= 0.6 is 0 Å². The van der Waals surface area contributed by atoms with Gasteiger partial charge in [0.25, 0.3) is 5.79 Å². The first-order valence-corrected chi connectivity index (χ1v) is 7.87. The second kappa shape index (κ2) is 4.59. The van der Waals surface area contributed by atoms with Crippen molar-refractivity contribution in [2.75, 3.05) is 0 Å². The van der Waals surface area contributed by atoms with Crippen molar-refractivity contribution in [3.05, 3.63) is 64.7 Å². The predicted octanol–water partition coefficient (Wildman–Crippen LogP) is 2.55. The van der Waals surface area contributed by atoms with Gasteiger partial charge in [-0.1, -0.05) is 50.2 Å². The Kier molecular flexibility index (Phi) is 2.85. The van der Waals surface area contributed by atoms with E-state index in [1.807, 2.05) is 42.5 Å². The third-order valence-electron chi connectivity index (χ3n) is 5.11. The molecule has 23 heavy (non-hydrogen) atoms. The molecule has 0 spiro atoms.